The van der Waals surface area contributed by atoms with Crippen LogP contribution in [0.4, 0.5) is 5.69 Å². The summed E-state index contributed by atoms with van der Waals surface area (Å²) >= 11 is 0. The van der Waals surface area contributed by atoms with Crippen LogP contribution in [0.3, 0.4) is 0 Å². The first-order valence-corrected chi connectivity index (χ1v) is 10.3. The first-order valence-electron chi connectivity index (χ1n) is 10.3. The normalized spacial score (nSPS) is 9.74. The molecule has 0 aromatic heterocycles. The largest absolute Gasteiger partial charge is 0.497 e. The monoisotopic (exact) mass is 464 g/mol. The molecular weight excluding hydrogens is 440 g/mol. The molecular formula is C24H24N4O6. The smallest absolute Gasteiger partial charge is 0.338 e. The lowest BCUT2D eigenvalue weighted by molar-refractivity contribution is -0.134. The molecule has 0 saturated heterocycles. The molecule has 2 amide bonds. The highest BCUT2D eigenvalue weighted by Gasteiger charge is 2.16. The van der Waals surface area contributed by atoms with Crippen molar-refractivity contribution >= 4 is 23.5 Å². The average molecular weight is 464 g/mol. The van der Waals surface area contributed by atoms with Crippen LogP contribution in [-0.2, 0) is 14.3 Å². The number of benzene rings is 2. The minimum Gasteiger partial charge on any atom is -0.497 e. The van der Waals surface area contributed by atoms with E-state index < -0.39 is 18.5 Å². The molecule has 0 heterocycles. The first-order chi connectivity index (χ1) is 16.5. The summed E-state index contributed by atoms with van der Waals surface area (Å²) in [6.07, 6.45) is 0.230. The summed E-state index contributed by atoms with van der Waals surface area (Å²) in [5.74, 6) is -0.586. The van der Waals surface area contributed by atoms with Gasteiger partial charge in [0.05, 0.1) is 37.7 Å². The van der Waals surface area contributed by atoms with Gasteiger partial charge in [-0.25, -0.2) is 4.79 Å². The van der Waals surface area contributed by atoms with E-state index in [1.165, 1.54) is 36.3 Å². The highest BCUT2D eigenvalue weighted by atomic mass is 16.5. The van der Waals surface area contributed by atoms with E-state index in [2.05, 4.69) is 5.32 Å². The molecule has 0 unspecified atom stereocenters. The molecule has 176 valence electrons. The highest BCUT2D eigenvalue weighted by Crippen LogP contribution is 2.17. The van der Waals surface area contributed by atoms with Gasteiger partial charge in [-0.05, 0) is 36.4 Å². The summed E-state index contributed by atoms with van der Waals surface area (Å²) < 4.78 is 15.6. The second-order valence-electron chi connectivity index (χ2n) is 6.87. The van der Waals surface area contributed by atoms with E-state index in [1.54, 1.807) is 24.3 Å². The fourth-order valence-electron chi connectivity index (χ4n) is 2.77. The maximum Gasteiger partial charge on any atom is 0.338 e. The molecule has 0 atom stereocenters. The zero-order valence-corrected chi connectivity index (χ0v) is 18.7. The number of nitrogens with zero attached hydrogens (tertiary/aromatic N) is 3. The zero-order valence-electron chi connectivity index (χ0n) is 18.7. The van der Waals surface area contributed by atoms with Crippen LogP contribution >= 0.6 is 0 Å². The lowest BCUT2D eigenvalue weighted by atomic mass is 10.2. The van der Waals surface area contributed by atoms with Gasteiger partial charge in [-0.15, -0.1) is 0 Å². The molecule has 0 spiro atoms. The Morgan fingerprint density at radius 3 is 2.24 bits per heavy atom. The molecule has 2 aromatic rings. The van der Waals surface area contributed by atoms with Crippen LogP contribution in [-0.4, -0.2) is 56.1 Å². The number of carbonyl (C=O) groups is 3. The van der Waals surface area contributed by atoms with Gasteiger partial charge in [0.15, 0.2) is 13.2 Å². The fourth-order valence-corrected chi connectivity index (χ4v) is 2.77. The van der Waals surface area contributed by atoms with E-state index in [4.69, 9.17) is 24.7 Å². The van der Waals surface area contributed by atoms with Gasteiger partial charge in [0, 0.05) is 24.8 Å². The topological polar surface area (TPSA) is 142 Å². The van der Waals surface area contributed by atoms with Gasteiger partial charge >= 0.3 is 5.97 Å². The Balaban J connectivity index is 1.82. The van der Waals surface area contributed by atoms with Crippen LogP contribution in [0.5, 0.6) is 11.5 Å². The van der Waals surface area contributed by atoms with E-state index in [0.29, 0.717) is 17.2 Å². The number of ether oxygens (including phenoxy) is 3. The number of esters is 1. The van der Waals surface area contributed by atoms with Gasteiger partial charge in [0.1, 0.15) is 11.5 Å². The maximum absolute atomic E-state index is 12.2. The predicted octanol–water partition coefficient (Wildman–Crippen LogP) is 2.53. The molecule has 10 heteroatoms. The zero-order chi connectivity index (χ0) is 24.8. The Kier molecular flexibility index (Phi) is 10.4. The molecule has 2 aromatic carbocycles. The molecule has 0 fully saturated rings. The standard InChI is InChI=1S/C24H24N4O6/c1-32-21-6-2-5-19(15-21)27-22(29)16-33-20-9-7-18(8-10-20)24(31)34-17-23(30)28(13-3-11-25)14-4-12-26/h2,5-10,15H,3-4,13-14,16-17H2,1H3,(H,27,29). The number of nitrogens with one attached hydrogen (secondary N) is 1. The Hall–Kier alpha value is -4.57. The molecule has 1 N–H and O–H groups in total. The third-order valence-electron chi connectivity index (χ3n) is 4.48. The van der Waals surface area contributed by atoms with E-state index in [0.717, 1.165) is 0 Å². The number of methoxy groups -OCH3 is 1. The van der Waals surface area contributed by atoms with Crippen LogP contribution in [0.15, 0.2) is 48.5 Å². The van der Waals surface area contributed by atoms with Crippen molar-refractivity contribution in [2.75, 3.05) is 38.7 Å². The van der Waals surface area contributed by atoms with Crippen LogP contribution in [0, 0.1) is 22.7 Å². The van der Waals surface area contributed by atoms with E-state index in [-0.39, 0.29) is 44.0 Å². The van der Waals surface area contributed by atoms with Gasteiger partial charge in [-0.1, -0.05) is 6.07 Å². The highest BCUT2D eigenvalue weighted by molar-refractivity contribution is 5.92. The minimum absolute atomic E-state index is 0.115. The number of anilines is 1. The summed E-state index contributed by atoms with van der Waals surface area (Å²) in [6, 6.07) is 16.7. The van der Waals surface area contributed by atoms with Crippen LogP contribution < -0.4 is 14.8 Å². The number of nitriles is 2. The Labute approximate surface area is 197 Å². The van der Waals surface area contributed by atoms with Gasteiger partial charge in [-0.2, -0.15) is 10.5 Å². The molecule has 0 radical (unpaired) electrons. The molecule has 0 aliphatic carbocycles. The number of rotatable bonds is 12. The number of amides is 2. The van der Waals surface area contributed by atoms with Gasteiger partial charge in [-0.3, -0.25) is 9.59 Å². The second-order valence-corrected chi connectivity index (χ2v) is 6.87. The molecule has 10 nitrogen and oxygen atoms in total. The van der Waals surface area contributed by atoms with E-state index in [9.17, 15) is 14.4 Å². The number of hydrogen-bond donors (Lipinski definition) is 1. The summed E-state index contributed by atoms with van der Waals surface area (Å²) in [7, 11) is 1.53. The van der Waals surface area contributed by atoms with Crippen LogP contribution in [0.25, 0.3) is 0 Å². The van der Waals surface area contributed by atoms with Gasteiger partial charge < -0.3 is 24.4 Å². The van der Waals surface area contributed by atoms with Crippen molar-refractivity contribution in [3.05, 3.63) is 54.1 Å². The average Bonchev–Trinajstić information content (AvgIpc) is 2.86. The summed E-state index contributed by atoms with van der Waals surface area (Å²) in [6.45, 7) is -0.424. The predicted molar refractivity (Wildman–Crippen MR) is 121 cm³/mol. The lowest BCUT2D eigenvalue weighted by Gasteiger charge is -2.20. The molecule has 0 bridgehead atoms. The van der Waals surface area contributed by atoms with Crippen molar-refractivity contribution in [1.82, 2.24) is 4.90 Å². The first kappa shape index (κ1) is 25.7. The Morgan fingerprint density at radius 1 is 0.941 bits per heavy atom. The van der Waals surface area contributed by atoms with Crippen LogP contribution in [0.2, 0.25) is 0 Å². The van der Waals surface area contributed by atoms with Gasteiger partial charge in [0.2, 0.25) is 0 Å². The Bertz CT molecular complexity index is 1050. The van der Waals surface area contributed by atoms with Crippen molar-refractivity contribution in [3.8, 4) is 23.6 Å². The molecule has 0 saturated carbocycles. The number of carbonyl (C=O) groups excluding carboxylic acids is 3. The van der Waals surface area contributed by atoms with E-state index in [1.807, 2.05) is 12.1 Å². The summed E-state index contributed by atoms with van der Waals surface area (Å²) in [5.41, 5.74) is 0.765. The van der Waals surface area contributed by atoms with Crippen molar-refractivity contribution in [2.24, 2.45) is 0 Å². The van der Waals surface area contributed by atoms with Crippen molar-refractivity contribution in [1.29, 1.82) is 10.5 Å². The third kappa shape index (κ3) is 8.52. The SMILES string of the molecule is COc1cccc(NC(=O)COc2ccc(C(=O)OCC(=O)N(CCC#N)CCC#N)cc2)c1. The molecule has 34 heavy (non-hydrogen) atoms. The molecule has 0 aliphatic rings. The van der Waals surface area contributed by atoms with Crippen molar-refractivity contribution in [2.45, 2.75) is 12.8 Å². The minimum atomic E-state index is -0.712. The summed E-state index contributed by atoms with van der Waals surface area (Å²) in [4.78, 5) is 37.8. The van der Waals surface area contributed by atoms with Crippen molar-refractivity contribution in [3.63, 3.8) is 0 Å². The maximum atomic E-state index is 12.2. The Morgan fingerprint density at radius 2 is 1.62 bits per heavy atom. The fraction of sp³-hybridized carbons (Fsp3) is 0.292. The van der Waals surface area contributed by atoms with Crippen LogP contribution in [0.1, 0.15) is 23.2 Å². The molecule has 2 rings (SSSR count). The number of hydrogen-bond acceptors (Lipinski definition) is 8. The second kappa shape index (κ2) is 13.8. The van der Waals surface area contributed by atoms with Crippen molar-refractivity contribution < 1.29 is 28.6 Å². The third-order valence-corrected chi connectivity index (χ3v) is 4.48. The quantitative estimate of drug-likeness (QED) is 0.472. The van der Waals surface area contributed by atoms with E-state index >= 15 is 0 Å². The van der Waals surface area contributed by atoms with Gasteiger partial charge in [0.25, 0.3) is 11.8 Å². The molecule has 0 aliphatic heterocycles. The summed E-state index contributed by atoms with van der Waals surface area (Å²) in [5, 5.41) is 20.1. The lowest BCUT2D eigenvalue weighted by Crippen LogP contribution is -2.36.